The molecule has 2 aromatic heterocycles. The Morgan fingerprint density at radius 2 is 1.90 bits per heavy atom. The van der Waals surface area contributed by atoms with Gasteiger partial charge in [0.25, 0.3) is 0 Å². The normalized spacial score (nSPS) is 12.3. The lowest BCUT2D eigenvalue weighted by molar-refractivity contribution is 0.525. The van der Waals surface area contributed by atoms with Crippen LogP contribution in [0.15, 0.2) is 47.1 Å². The number of fused-ring (bicyclic) bond motifs is 1. The Morgan fingerprint density at radius 3 is 2.67 bits per heavy atom. The predicted octanol–water partition coefficient (Wildman–Crippen LogP) is 3.46. The molecular weight excluding hydrogens is 264 g/mol. The molecule has 0 fully saturated rings. The topological polar surface area (TPSA) is 54.2 Å². The zero-order chi connectivity index (χ0) is 14.8. The smallest absolute Gasteiger partial charge is 0.171 e. The second kappa shape index (κ2) is 5.44. The molecule has 0 saturated heterocycles. The Bertz CT molecular complexity index is 718. The molecule has 1 aromatic carbocycles. The molecule has 3 aromatic rings. The van der Waals surface area contributed by atoms with Gasteiger partial charge in [0.05, 0.1) is 6.04 Å². The first kappa shape index (κ1) is 13.4. The van der Waals surface area contributed by atoms with Gasteiger partial charge in [0.1, 0.15) is 11.3 Å². The van der Waals surface area contributed by atoms with E-state index in [1.165, 1.54) is 0 Å². The van der Waals surface area contributed by atoms with Crippen molar-refractivity contribution in [2.24, 2.45) is 0 Å². The number of rotatable bonds is 4. The molecular formula is C16H18N4O. The van der Waals surface area contributed by atoms with Gasteiger partial charge in [0.2, 0.25) is 0 Å². The monoisotopic (exact) mass is 282 g/mol. The summed E-state index contributed by atoms with van der Waals surface area (Å²) in [6.07, 6.45) is 3.37. The molecule has 1 atom stereocenters. The Kier molecular flexibility index (Phi) is 3.48. The maximum atomic E-state index is 5.88. The van der Waals surface area contributed by atoms with E-state index in [0.29, 0.717) is 0 Å². The minimum Gasteiger partial charge on any atom is -0.459 e. The van der Waals surface area contributed by atoms with Crippen molar-refractivity contribution in [1.29, 1.82) is 0 Å². The molecule has 0 aliphatic heterocycles. The van der Waals surface area contributed by atoms with Crippen molar-refractivity contribution in [1.82, 2.24) is 9.97 Å². The van der Waals surface area contributed by atoms with Crippen molar-refractivity contribution in [2.45, 2.75) is 13.0 Å². The highest BCUT2D eigenvalue weighted by atomic mass is 16.3. The standard InChI is InChI=1S/C16H18N4O/c1-11(14-10-12-6-4-5-7-13(12)21-14)19-15-16(20(2)3)18-9-8-17-15/h4-11H,1-3H3,(H,17,19)/t11-/m1/s1. The van der Waals surface area contributed by atoms with E-state index in [4.69, 9.17) is 4.42 Å². The fourth-order valence-corrected chi connectivity index (χ4v) is 2.25. The molecule has 0 aliphatic rings. The summed E-state index contributed by atoms with van der Waals surface area (Å²) in [5.41, 5.74) is 0.896. The number of para-hydroxylation sites is 1. The van der Waals surface area contributed by atoms with E-state index in [-0.39, 0.29) is 6.04 Å². The molecule has 5 nitrogen and oxygen atoms in total. The van der Waals surface area contributed by atoms with Crippen LogP contribution in [-0.2, 0) is 0 Å². The van der Waals surface area contributed by atoms with E-state index in [1.54, 1.807) is 12.4 Å². The summed E-state index contributed by atoms with van der Waals surface area (Å²) in [6, 6.07) is 10.1. The lowest BCUT2D eigenvalue weighted by atomic mass is 10.2. The molecule has 0 aliphatic carbocycles. The lowest BCUT2D eigenvalue weighted by Crippen LogP contribution is -2.16. The summed E-state index contributed by atoms with van der Waals surface area (Å²) in [4.78, 5) is 10.6. The molecule has 2 heterocycles. The summed E-state index contributed by atoms with van der Waals surface area (Å²) < 4.78 is 5.88. The van der Waals surface area contributed by atoms with E-state index in [9.17, 15) is 0 Å². The van der Waals surface area contributed by atoms with Crippen molar-refractivity contribution in [3.8, 4) is 0 Å². The third-order valence-electron chi connectivity index (χ3n) is 3.33. The van der Waals surface area contributed by atoms with E-state index in [1.807, 2.05) is 50.2 Å². The fourth-order valence-electron chi connectivity index (χ4n) is 2.25. The van der Waals surface area contributed by atoms with Crippen LogP contribution in [0.3, 0.4) is 0 Å². The first-order chi connectivity index (χ1) is 10.1. The highest BCUT2D eigenvalue weighted by molar-refractivity contribution is 5.78. The Hall–Kier alpha value is -2.56. The van der Waals surface area contributed by atoms with Crippen LogP contribution in [-0.4, -0.2) is 24.1 Å². The Morgan fingerprint density at radius 1 is 1.14 bits per heavy atom. The number of benzene rings is 1. The number of furan rings is 1. The van der Waals surface area contributed by atoms with Gasteiger partial charge in [-0.3, -0.25) is 0 Å². The molecule has 0 radical (unpaired) electrons. The first-order valence-corrected chi connectivity index (χ1v) is 6.88. The lowest BCUT2D eigenvalue weighted by Gasteiger charge is -2.18. The van der Waals surface area contributed by atoms with Crippen molar-refractivity contribution in [2.75, 3.05) is 24.3 Å². The molecule has 0 amide bonds. The van der Waals surface area contributed by atoms with Crippen molar-refractivity contribution < 1.29 is 4.42 Å². The number of hydrogen-bond donors (Lipinski definition) is 1. The van der Waals surface area contributed by atoms with E-state index in [2.05, 4.69) is 21.4 Å². The van der Waals surface area contributed by atoms with E-state index in [0.717, 1.165) is 28.4 Å². The van der Waals surface area contributed by atoms with E-state index < -0.39 is 0 Å². The van der Waals surface area contributed by atoms with Gasteiger partial charge >= 0.3 is 0 Å². The van der Waals surface area contributed by atoms with Crippen molar-refractivity contribution in [3.05, 3.63) is 48.5 Å². The van der Waals surface area contributed by atoms with Crippen LogP contribution >= 0.6 is 0 Å². The van der Waals surface area contributed by atoms with Crippen LogP contribution < -0.4 is 10.2 Å². The van der Waals surface area contributed by atoms with Gasteiger partial charge < -0.3 is 14.6 Å². The van der Waals surface area contributed by atoms with Crippen LogP contribution in [0.2, 0.25) is 0 Å². The Balaban J connectivity index is 1.87. The summed E-state index contributed by atoms with van der Waals surface area (Å²) in [7, 11) is 3.89. The predicted molar refractivity (Wildman–Crippen MR) is 84.6 cm³/mol. The van der Waals surface area contributed by atoms with Crippen LogP contribution in [0.25, 0.3) is 11.0 Å². The van der Waals surface area contributed by atoms with Crippen molar-refractivity contribution in [3.63, 3.8) is 0 Å². The first-order valence-electron chi connectivity index (χ1n) is 6.88. The number of anilines is 2. The summed E-state index contributed by atoms with van der Waals surface area (Å²) in [6.45, 7) is 2.05. The zero-order valence-electron chi connectivity index (χ0n) is 12.4. The number of hydrogen-bond acceptors (Lipinski definition) is 5. The largest absolute Gasteiger partial charge is 0.459 e. The maximum Gasteiger partial charge on any atom is 0.171 e. The molecule has 3 rings (SSSR count). The molecule has 5 heteroatoms. The molecule has 0 unspecified atom stereocenters. The van der Waals surface area contributed by atoms with E-state index >= 15 is 0 Å². The average molecular weight is 282 g/mol. The highest BCUT2D eigenvalue weighted by Gasteiger charge is 2.15. The van der Waals surface area contributed by atoms with Gasteiger partial charge in [0.15, 0.2) is 11.6 Å². The quantitative estimate of drug-likeness (QED) is 0.794. The third-order valence-corrected chi connectivity index (χ3v) is 3.33. The summed E-state index contributed by atoms with van der Waals surface area (Å²) >= 11 is 0. The van der Waals surface area contributed by atoms with Crippen molar-refractivity contribution >= 4 is 22.6 Å². The summed E-state index contributed by atoms with van der Waals surface area (Å²) in [5, 5.41) is 4.46. The second-order valence-electron chi connectivity index (χ2n) is 5.18. The highest BCUT2D eigenvalue weighted by Crippen LogP contribution is 2.27. The third kappa shape index (κ3) is 2.67. The molecule has 0 saturated carbocycles. The molecule has 1 N–H and O–H groups in total. The number of nitrogens with zero attached hydrogens (tertiary/aromatic N) is 3. The molecule has 108 valence electrons. The van der Waals surface area contributed by atoms with Gasteiger partial charge in [-0.15, -0.1) is 0 Å². The minimum absolute atomic E-state index is 0.00722. The summed E-state index contributed by atoms with van der Waals surface area (Å²) in [5.74, 6) is 2.43. The number of nitrogens with one attached hydrogen (secondary N) is 1. The van der Waals surface area contributed by atoms with Crippen LogP contribution in [0, 0.1) is 0 Å². The minimum atomic E-state index is 0.00722. The van der Waals surface area contributed by atoms with Gasteiger partial charge in [-0.1, -0.05) is 18.2 Å². The SMILES string of the molecule is C[C@@H](Nc1nccnc1N(C)C)c1cc2ccccc2o1. The van der Waals surface area contributed by atoms with Gasteiger partial charge in [-0.2, -0.15) is 0 Å². The maximum absolute atomic E-state index is 5.88. The van der Waals surface area contributed by atoms with Gasteiger partial charge in [-0.05, 0) is 19.1 Å². The molecule has 0 bridgehead atoms. The number of aromatic nitrogens is 2. The molecule has 0 spiro atoms. The fraction of sp³-hybridized carbons (Fsp3) is 0.250. The molecule has 21 heavy (non-hydrogen) atoms. The van der Waals surface area contributed by atoms with Gasteiger partial charge in [0, 0.05) is 31.9 Å². The van der Waals surface area contributed by atoms with Crippen LogP contribution in [0.5, 0.6) is 0 Å². The van der Waals surface area contributed by atoms with Crippen LogP contribution in [0.1, 0.15) is 18.7 Å². The second-order valence-corrected chi connectivity index (χ2v) is 5.18. The average Bonchev–Trinajstić information content (AvgIpc) is 2.91. The zero-order valence-corrected chi connectivity index (χ0v) is 12.4. The Labute approximate surface area is 123 Å². The van der Waals surface area contributed by atoms with Crippen LogP contribution in [0.4, 0.5) is 11.6 Å². The van der Waals surface area contributed by atoms with Gasteiger partial charge in [-0.25, -0.2) is 9.97 Å².